The number of likely N-dealkylation sites (N-methyl/N-ethyl adjacent to an activating group) is 1. The summed E-state index contributed by atoms with van der Waals surface area (Å²) >= 11 is 0. The van der Waals surface area contributed by atoms with Crippen LogP contribution in [0.25, 0.3) is 0 Å². The predicted molar refractivity (Wildman–Crippen MR) is 84.8 cm³/mol. The second-order valence-electron chi connectivity index (χ2n) is 6.53. The maximum Gasteiger partial charge on any atom is 0.242 e. The first-order chi connectivity index (χ1) is 9.42. The second kappa shape index (κ2) is 7.99. The zero-order valence-corrected chi connectivity index (χ0v) is 14.0. The molecule has 4 heteroatoms. The van der Waals surface area contributed by atoms with Crippen molar-refractivity contribution in [3.05, 3.63) is 0 Å². The Bertz CT molecular complexity index is 294. The van der Waals surface area contributed by atoms with Crippen LogP contribution in [0.3, 0.4) is 0 Å². The molecule has 20 heavy (non-hydrogen) atoms. The molecule has 0 bridgehead atoms. The number of amides is 1. The van der Waals surface area contributed by atoms with Crippen molar-refractivity contribution in [2.24, 2.45) is 5.92 Å². The van der Waals surface area contributed by atoms with E-state index in [-0.39, 0.29) is 11.4 Å². The van der Waals surface area contributed by atoms with Crippen LogP contribution < -0.4 is 5.32 Å². The molecule has 0 saturated carbocycles. The van der Waals surface area contributed by atoms with E-state index < -0.39 is 0 Å². The molecule has 1 aliphatic rings. The highest BCUT2D eigenvalue weighted by Crippen LogP contribution is 2.21. The van der Waals surface area contributed by atoms with E-state index >= 15 is 0 Å². The van der Waals surface area contributed by atoms with E-state index in [1.54, 1.807) is 0 Å². The fraction of sp³-hybridized carbons (Fsp3) is 0.938. The minimum Gasteiger partial charge on any atom is -0.340 e. The van der Waals surface area contributed by atoms with Gasteiger partial charge in [0.2, 0.25) is 5.91 Å². The number of nitrogens with one attached hydrogen (secondary N) is 1. The standard InChI is InChI=1S/C16H33N3O/c1-6-18(7-2)11-12-19(13-14(3)4)15(20)16(5)9-8-10-17-16/h14,17H,6-13H2,1-5H3. The summed E-state index contributed by atoms with van der Waals surface area (Å²) in [6.45, 7) is 16.5. The molecular weight excluding hydrogens is 250 g/mol. The number of hydrogen-bond acceptors (Lipinski definition) is 3. The highest BCUT2D eigenvalue weighted by atomic mass is 16.2. The van der Waals surface area contributed by atoms with Crippen LogP contribution in [0.5, 0.6) is 0 Å². The van der Waals surface area contributed by atoms with Crippen LogP contribution in [0.2, 0.25) is 0 Å². The Kier molecular flexibility index (Phi) is 6.96. The summed E-state index contributed by atoms with van der Waals surface area (Å²) in [6, 6.07) is 0. The lowest BCUT2D eigenvalue weighted by Crippen LogP contribution is -2.54. The minimum absolute atomic E-state index is 0.288. The van der Waals surface area contributed by atoms with Crippen LogP contribution >= 0.6 is 0 Å². The third kappa shape index (κ3) is 4.74. The van der Waals surface area contributed by atoms with Gasteiger partial charge in [-0.05, 0) is 45.3 Å². The molecule has 0 aliphatic carbocycles. The first-order valence-electron chi connectivity index (χ1n) is 8.19. The molecule has 1 atom stereocenters. The Morgan fingerprint density at radius 3 is 2.35 bits per heavy atom. The lowest BCUT2D eigenvalue weighted by atomic mass is 9.97. The van der Waals surface area contributed by atoms with Crippen molar-refractivity contribution >= 4 is 5.91 Å². The molecule has 1 unspecified atom stereocenters. The quantitative estimate of drug-likeness (QED) is 0.739. The van der Waals surface area contributed by atoms with Crippen molar-refractivity contribution in [3.8, 4) is 0 Å². The van der Waals surface area contributed by atoms with Gasteiger partial charge in [-0.1, -0.05) is 27.7 Å². The smallest absolute Gasteiger partial charge is 0.242 e. The average molecular weight is 283 g/mol. The second-order valence-corrected chi connectivity index (χ2v) is 6.53. The molecule has 1 aliphatic heterocycles. The Balaban J connectivity index is 2.65. The van der Waals surface area contributed by atoms with Crippen molar-refractivity contribution in [3.63, 3.8) is 0 Å². The van der Waals surface area contributed by atoms with Gasteiger partial charge in [0.25, 0.3) is 0 Å². The van der Waals surface area contributed by atoms with E-state index in [0.29, 0.717) is 5.92 Å². The summed E-state index contributed by atoms with van der Waals surface area (Å²) < 4.78 is 0. The van der Waals surface area contributed by atoms with Crippen LogP contribution in [0.15, 0.2) is 0 Å². The van der Waals surface area contributed by atoms with Gasteiger partial charge in [0.05, 0.1) is 5.54 Å². The highest BCUT2D eigenvalue weighted by molar-refractivity contribution is 5.86. The summed E-state index contributed by atoms with van der Waals surface area (Å²) in [5.41, 5.74) is -0.335. The van der Waals surface area contributed by atoms with E-state index in [2.05, 4.69) is 49.7 Å². The molecule has 0 aromatic carbocycles. The molecule has 1 amide bonds. The SMILES string of the molecule is CCN(CC)CCN(CC(C)C)C(=O)C1(C)CCCN1. The molecule has 118 valence electrons. The molecule has 0 aromatic rings. The Labute approximate surface area is 124 Å². The number of carbonyl (C=O) groups is 1. The summed E-state index contributed by atoms with van der Waals surface area (Å²) in [5.74, 6) is 0.802. The molecule has 1 fully saturated rings. The van der Waals surface area contributed by atoms with E-state index in [1.165, 1.54) is 0 Å². The van der Waals surface area contributed by atoms with Gasteiger partial charge in [0.1, 0.15) is 0 Å². The first-order valence-corrected chi connectivity index (χ1v) is 8.19. The fourth-order valence-corrected chi connectivity index (χ4v) is 2.94. The molecule has 1 heterocycles. The monoisotopic (exact) mass is 283 g/mol. The third-order valence-electron chi connectivity index (χ3n) is 4.29. The zero-order valence-electron chi connectivity index (χ0n) is 14.0. The predicted octanol–water partition coefficient (Wildman–Crippen LogP) is 1.95. The molecular formula is C16H33N3O. The van der Waals surface area contributed by atoms with Gasteiger partial charge in [-0.15, -0.1) is 0 Å². The molecule has 0 aromatic heterocycles. The van der Waals surface area contributed by atoms with E-state index in [9.17, 15) is 4.79 Å². The topological polar surface area (TPSA) is 35.6 Å². The molecule has 1 saturated heterocycles. The van der Waals surface area contributed by atoms with Crippen molar-refractivity contribution in [2.75, 3.05) is 39.3 Å². The maximum absolute atomic E-state index is 12.8. The normalized spacial score (nSPS) is 22.8. The summed E-state index contributed by atoms with van der Waals surface area (Å²) in [7, 11) is 0. The first kappa shape index (κ1) is 17.4. The van der Waals surface area contributed by atoms with Crippen LogP contribution in [0, 0.1) is 5.92 Å². The van der Waals surface area contributed by atoms with Gasteiger partial charge >= 0.3 is 0 Å². The summed E-state index contributed by atoms with van der Waals surface area (Å²) in [4.78, 5) is 17.3. The Hall–Kier alpha value is -0.610. The van der Waals surface area contributed by atoms with Crippen molar-refractivity contribution in [1.82, 2.24) is 15.1 Å². The average Bonchev–Trinajstić information content (AvgIpc) is 2.85. The van der Waals surface area contributed by atoms with E-state index in [0.717, 1.165) is 52.1 Å². The number of nitrogens with zero attached hydrogens (tertiary/aromatic N) is 2. The Morgan fingerprint density at radius 2 is 1.90 bits per heavy atom. The van der Waals surface area contributed by atoms with Crippen LogP contribution in [-0.2, 0) is 4.79 Å². The number of rotatable bonds is 8. The maximum atomic E-state index is 12.8. The van der Waals surface area contributed by atoms with Crippen molar-refractivity contribution in [1.29, 1.82) is 0 Å². The fourth-order valence-electron chi connectivity index (χ4n) is 2.94. The van der Waals surface area contributed by atoms with Gasteiger partial charge in [0.15, 0.2) is 0 Å². The van der Waals surface area contributed by atoms with Gasteiger partial charge in [-0.2, -0.15) is 0 Å². The minimum atomic E-state index is -0.335. The third-order valence-corrected chi connectivity index (χ3v) is 4.29. The summed E-state index contributed by atoms with van der Waals surface area (Å²) in [6.07, 6.45) is 2.07. The number of carbonyl (C=O) groups excluding carboxylic acids is 1. The van der Waals surface area contributed by atoms with Gasteiger partial charge < -0.3 is 15.1 Å². The number of hydrogen-bond donors (Lipinski definition) is 1. The zero-order chi connectivity index (χ0) is 15.2. The van der Waals surface area contributed by atoms with Crippen LogP contribution in [0.4, 0.5) is 0 Å². The van der Waals surface area contributed by atoms with Gasteiger partial charge in [-0.3, -0.25) is 4.79 Å². The largest absolute Gasteiger partial charge is 0.340 e. The molecule has 4 nitrogen and oxygen atoms in total. The van der Waals surface area contributed by atoms with Gasteiger partial charge in [0, 0.05) is 19.6 Å². The van der Waals surface area contributed by atoms with Crippen LogP contribution in [0.1, 0.15) is 47.5 Å². The summed E-state index contributed by atoms with van der Waals surface area (Å²) in [5, 5.41) is 3.40. The molecule has 0 radical (unpaired) electrons. The van der Waals surface area contributed by atoms with E-state index in [4.69, 9.17) is 0 Å². The Morgan fingerprint density at radius 1 is 1.25 bits per heavy atom. The lowest BCUT2D eigenvalue weighted by molar-refractivity contribution is -0.138. The van der Waals surface area contributed by atoms with Gasteiger partial charge in [-0.25, -0.2) is 0 Å². The van der Waals surface area contributed by atoms with Crippen LogP contribution in [-0.4, -0.2) is 60.5 Å². The molecule has 1 rings (SSSR count). The van der Waals surface area contributed by atoms with Crippen molar-refractivity contribution in [2.45, 2.75) is 53.0 Å². The highest BCUT2D eigenvalue weighted by Gasteiger charge is 2.38. The lowest BCUT2D eigenvalue weighted by Gasteiger charge is -2.34. The molecule has 1 N–H and O–H groups in total. The van der Waals surface area contributed by atoms with E-state index in [1.807, 2.05) is 0 Å². The molecule has 0 spiro atoms. The van der Waals surface area contributed by atoms with Crippen molar-refractivity contribution < 1.29 is 4.79 Å².